The average molecular weight is 580 g/mol. The second kappa shape index (κ2) is 11.1. The van der Waals surface area contributed by atoms with Crippen LogP contribution in [0.25, 0.3) is 0 Å². The van der Waals surface area contributed by atoms with Crippen molar-refractivity contribution in [2.24, 2.45) is 0 Å². The number of nitrogens with one attached hydrogen (secondary N) is 2. The highest BCUT2D eigenvalue weighted by molar-refractivity contribution is 7.92. The molecular formula is C25H26ClN3O7S2. The summed E-state index contributed by atoms with van der Waals surface area (Å²) in [5.74, 6) is 0.653. The molecule has 0 bridgehead atoms. The summed E-state index contributed by atoms with van der Waals surface area (Å²) < 4.78 is 64.3. The van der Waals surface area contributed by atoms with Crippen LogP contribution in [0.2, 0.25) is 5.02 Å². The molecule has 0 saturated heterocycles. The normalized spacial score (nSPS) is 12.7. The zero-order valence-corrected chi connectivity index (χ0v) is 23.0. The molecule has 1 heterocycles. The van der Waals surface area contributed by atoms with Crippen molar-refractivity contribution in [2.45, 2.75) is 24.7 Å². The van der Waals surface area contributed by atoms with Gasteiger partial charge in [-0.2, -0.15) is 0 Å². The van der Waals surface area contributed by atoms with Gasteiger partial charge in [-0.05, 0) is 67.4 Å². The molecule has 3 aromatic carbocycles. The fourth-order valence-electron chi connectivity index (χ4n) is 3.72. The Kier molecular flexibility index (Phi) is 8.05. The van der Waals surface area contributed by atoms with Gasteiger partial charge in [-0.15, -0.1) is 0 Å². The Morgan fingerprint density at radius 1 is 0.947 bits per heavy atom. The molecular weight excluding hydrogens is 554 g/mol. The van der Waals surface area contributed by atoms with E-state index in [0.29, 0.717) is 33.6 Å². The SMILES string of the molecule is Cc1ccc(NS(=O)(=O)c2ccc(NC(=O)CCCN(c3ccc4c(c3)OCO4)S(C)(=O)=O)cc2)cc1Cl. The predicted octanol–water partition coefficient (Wildman–Crippen LogP) is 4.36. The van der Waals surface area contributed by atoms with Crippen molar-refractivity contribution in [1.82, 2.24) is 0 Å². The largest absolute Gasteiger partial charge is 0.454 e. The number of rotatable bonds is 10. The van der Waals surface area contributed by atoms with Gasteiger partial charge in [-0.25, -0.2) is 16.8 Å². The average Bonchev–Trinajstić information content (AvgIpc) is 3.31. The van der Waals surface area contributed by atoms with Gasteiger partial charge in [-0.1, -0.05) is 17.7 Å². The summed E-state index contributed by atoms with van der Waals surface area (Å²) in [6.07, 6.45) is 1.39. The van der Waals surface area contributed by atoms with Crippen LogP contribution in [0.5, 0.6) is 11.5 Å². The van der Waals surface area contributed by atoms with Crippen LogP contribution < -0.4 is 23.8 Å². The summed E-state index contributed by atoms with van der Waals surface area (Å²) in [7, 11) is -7.46. The Morgan fingerprint density at radius 2 is 1.63 bits per heavy atom. The molecule has 4 rings (SSSR count). The van der Waals surface area contributed by atoms with Crippen LogP contribution in [0, 0.1) is 6.92 Å². The number of nitrogens with zero attached hydrogens (tertiary/aromatic N) is 1. The number of sulfonamides is 2. The summed E-state index contributed by atoms with van der Waals surface area (Å²) in [4.78, 5) is 12.5. The lowest BCUT2D eigenvalue weighted by molar-refractivity contribution is -0.116. The Bertz CT molecular complexity index is 1560. The minimum absolute atomic E-state index is 0.0136. The summed E-state index contributed by atoms with van der Waals surface area (Å²) in [6.45, 7) is 1.97. The summed E-state index contributed by atoms with van der Waals surface area (Å²) in [5.41, 5.74) is 1.98. The first-order valence-electron chi connectivity index (χ1n) is 11.5. The van der Waals surface area contributed by atoms with Gasteiger partial charge in [0.05, 0.1) is 22.5 Å². The third-order valence-corrected chi connectivity index (χ3v) is 8.68. The molecule has 0 aliphatic carbocycles. The molecule has 0 saturated carbocycles. The summed E-state index contributed by atoms with van der Waals surface area (Å²) in [5, 5.41) is 3.14. The molecule has 3 aromatic rings. The number of carbonyl (C=O) groups is 1. The van der Waals surface area contributed by atoms with Gasteiger partial charge in [0.1, 0.15) is 0 Å². The van der Waals surface area contributed by atoms with Crippen LogP contribution in [-0.2, 0) is 24.8 Å². The van der Waals surface area contributed by atoms with E-state index in [2.05, 4.69) is 10.0 Å². The van der Waals surface area contributed by atoms with Crippen molar-refractivity contribution in [3.63, 3.8) is 0 Å². The van der Waals surface area contributed by atoms with Crippen molar-refractivity contribution in [2.75, 3.05) is 33.9 Å². The van der Waals surface area contributed by atoms with Crippen molar-refractivity contribution in [3.8, 4) is 11.5 Å². The van der Waals surface area contributed by atoms with Gasteiger partial charge in [-0.3, -0.25) is 13.8 Å². The monoisotopic (exact) mass is 579 g/mol. The molecule has 0 radical (unpaired) electrons. The van der Waals surface area contributed by atoms with Crippen molar-refractivity contribution in [3.05, 3.63) is 71.2 Å². The summed E-state index contributed by atoms with van der Waals surface area (Å²) in [6, 6.07) is 15.4. The van der Waals surface area contributed by atoms with E-state index in [1.165, 1.54) is 34.6 Å². The van der Waals surface area contributed by atoms with E-state index in [9.17, 15) is 21.6 Å². The zero-order valence-electron chi connectivity index (χ0n) is 20.6. The first-order chi connectivity index (χ1) is 17.9. The van der Waals surface area contributed by atoms with Crippen molar-refractivity contribution < 1.29 is 31.1 Å². The van der Waals surface area contributed by atoms with Crippen LogP contribution in [0.4, 0.5) is 17.1 Å². The number of aryl methyl sites for hydroxylation is 1. The van der Waals surface area contributed by atoms with E-state index in [1.54, 1.807) is 30.3 Å². The van der Waals surface area contributed by atoms with E-state index < -0.39 is 20.0 Å². The number of ether oxygens (including phenoxy) is 2. The first-order valence-corrected chi connectivity index (χ1v) is 15.2. The van der Waals surface area contributed by atoms with Gasteiger partial charge in [0, 0.05) is 29.7 Å². The second-order valence-corrected chi connectivity index (χ2v) is 12.6. The Balaban J connectivity index is 1.33. The topological polar surface area (TPSA) is 131 Å². The van der Waals surface area contributed by atoms with E-state index in [1.807, 2.05) is 6.92 Å². The molecule has 0 unspecified atom stereocenters. The molecule has 0 atom stereocenters. The number of halogens is 1. The molecule has 1 aliphatic rings. The minimum atomic E-state index is -3.86. The van der Waals surface area contributed by atoms with Gasteiger partial charge < -0.3 is 14.8 Å². The highest BCUT2D eigenvalue weighted by Gasteiger charge is 2.22. The number of fused-ring (bicyclic) bond motifs is 1. The third kappa shape index (κ3) is 6.69. The quantitative estimate of drug-likeness (QED) is 0.365. The Labute approximate surface area is 226 Å². The molecule has 13 heteroatoms. The number of amides is 1. The molecule has 10 nitrogen and oxygen atoms in total. The second-order valence-electron chi connectivity index (χ2n) is 8.62. The lowest BCUT2D eigenvalue weighted by Gasteiger charge is -2.22. The lowest BCUT2D eigenvalue weighted by atomic mass is 10.2. The number of hydrogen-bond acceptors (Lipinski definition) is 7. The van der Waals surface area contributed by atoms with Crippen LogP contribution in [0.3, 0.4) is 0 Å². The molecule has 0 aromatic heterocycles. The van der Waals surface area contributed by atoms with E-state index in [4.69, 9.17) is 21.1 Å². The van der Waals surface area contributed by atoms with Crippen molar-refractivity contribution in [1.29, 1.82) is 0 Å². The van der Waals surface area contributed by atoms with E-state index in [-0.39, 0.29) is 37.0 Å². The zero-order chi connectivity index (χ0) is 27.5. The standard InChI is InChI=1S/C25H26ClN3O7S2/c1-17-5-6-19(14-22(17)26)28-38(33,34)21-10-7-18(8-11-21)27-25(30)4-3-13-29(37(2,31)32)20-9-12-23-24(15-20)36-16-35-23/h5-12,14-15,28H,3-4,13,16H2,1-2H3,(H,27,30). The highest BCUT2D eigenvalue weighted by Crippen LogP contribution is 2.36. The molecule has 0 fully saturated rings. The Morgan fingerprint density at radius 3 is 2.32 bits per heavy atom. The van der Waals surface area contributed by atoms with E-state index in [0.717, 1.165) is 11.8 Å². The first kappa shape index (κ1) is 27.6. The molecule has 202 valence electrons. The van der Waals surface area contributed by atoms with Crippen LogP contribution in [0.1, 0.15) is 18.4 Å². The van der Waals surface area contributed by atoms with E-state index >= 15 is 0 Å². The van der Waals surface area contributed by atoms with Gasteiger partial charge in [0.15, 0.2) is 11.5 Å². The number of anilines is 3. The fraction of sp³-hybridized carbons (Fsp3) is 0.240. The minimum Gasteiger partial charge on any atom is -0.454 e. The maximum atomic E-state index is 12.7. The van der Waals surface area contributed by atoms with Crippen molar-refractivity contribution >= 4 is 54.6 Å². The molecule has 0 spiro atoms. The highest BCUT2D eigenvalue weighted by atomic mass is 35.5. The van der Waals surface area contributed by atoms with Gasteiger partial charge in [0.2, 0.25) is 22.7 Å². The molecule has 1 aliphatic heterocycles. The lowest BCUT2D eigenvalue weighted by Crippen LogP contribution is -2.31. The number of hydrogen-bond donors (Lipinski definition) is 2. The Hall–Kier alpha value is -3.48. The van der Waals surface area contributed by atoms with Crippen LogP contribution in [-0.4, -0.2) is 42.3 Å². The smallest absolute Gasteiger partial charge is 0.261 e. The number of benzene rings is 3. The van der Waals surface area contributed by atoms with Crippen LogP contribution in [0.15, 0.2) is 65.6 Å². The summed E-state index contributed by atoms with van der Waals surface area (Å²) >= 11 is 6.07. The maximum Gasteiger partial charge on any atom is 0.261 e. The molecule has 1 amide bonds. The fourth-order valence-corrected chi connectivity index (χ4v) is 5.91. The predicted molar refractivity (Wildman–Crippen MR) is 146 cm³/mol. The maximum absolute atomic E-state index is 12.7. The third-order valence-electron chi connectivity index (χ3n) is 5.68. The van der Waals surface area contributed by atoms with Gasteiger partial charge in [0.25, 0.3) is 10.0 Å². The number of carbonyl (C=O) groups excluding carboxylic acids is 1. The van der Waals surface area contributed by atoms with Gasteiger partial charge >= 0.3 is 0 Å². The van der Waals surface area contributed by atoms with Crippen LogP contribution >= 0.6 is 11.6 Å². The molecule has 2 N–H and O–H groups in total. The molecule has 38 heavy (non-hydrogen) atoms.